The first-order chi connectivity index (χ1) is 16.2. The minimum absolute atomic E-state index is 0.0381. The number of benzene rings is 2. The van der Waals surface area contributed by atoms with Crippen molar-refractivity contribution in [3.63, 3.8) is 0 Å². The van der Waals surface area contributed by atoms with Gasteiger partial charge in [0.1, 0.15) is 5.03 Å². The lowest BCUT2D eigenvalue weighted by molar-refractivity contribution is -0.128. The number of thioether (sulfide) groups is 1. The van der Waals surface area contributed by atoms with Gasteiger partial charge in [-0.05, 0) is 30.5 Å². The molecule has 0 aliphatic carbocycles. The van der Waals surface area contributed by atoms with Crippen molar-refractivity contribution in [3.05, 3.63) is 66.4 Å². The van der Waals surface area contributed by atoms with Gasteiger partial charge < -0.3 is 10.2 Å². The van der Waals surface area contributed by atoms with Gasteiger partial charge in [-0.25, -0.2) is 4.98 Å². The van der Waals surface area contributed by atoms with Crippen LogP contribution in [0, 0.1) is 0 Å². The highest BCUT2D eigenvalue weighted by molar-refractivity contribution is 7.99. The Balaban J connectivity index is 1.18. The van der Waals surface area contributed by atoms with E-state index in [0.717, 1.165) is 42.0 Å². The SMILES string of the molecule is O=C(CN1CCCN(C(=O)CSc2cnc3ccccc3n2)CC1)NCCc1ccccc1. The lowest BCUT2D eigenvalue weighted by atomic mass is 10.1. The summed E-state index contributed by atoms with van der Waals surface area (Å²) in [5.41, 5.74) is 2.90. The number of fused-ring (bicyclic) bond motifs is 1. The summed E-state index contributed by atoms with van der Waals surface area (Å²) in [6.07, 6.45) is 3.42. The molecule has 0 radical (unpaired) electrons. The molecule has 0 bridgehead atoms. The summed E-state index contributed by atoms with van der Waals surface area (Å²) in [7, 11) is 0. The van der Waals surface area contributed by atoms with Crippen molar-refractivity contribution >= 4 is 34.6 Å². The zero-order valence-electron chi connectivity index (χ0n) is 18.7. The van der Waals surface area contributed by atoms with E-state index in [9.17, 15) is 9.59 Å². The standard InChI is InChI=1S/C25H29N5O2S/c31-23(26-12-11-20-7-2-1-3-8-20)18-29-13-6-14-30(16-15-29)25(32)19-33-24-17-27-21-9-4-5-10-22(21)28-24/h1-5,7-10,17H,6,11-16,18-19H2,(H,26,31). The average molecular weight is 464 g/mol. The van der Waals surface area contributed by atoms with Gasteiger partial charge in [-0.15, -0.1) is 0 Å². The highest BCUT2D eigenvalue weighted by atomic mass is 32.2. The second-order valence-corrected chi connectivity index (χ2v) is 9.08. The zero-order valence-corrected chi connectivity index (χ0v) is 19.5. The third-order valence-corrected chi connectivity index (χ3v) is 6.54. The van der Waals surface area contributed by atoms with E-state index in [2.05, 4.69) is 32.3 Å². The maximum Gasteiger partial charge on any atom is 0.234 e. The molecule has 1 N–H and O–H groups in total. The lowest BCUT2D eigenvalue weighted by Crippen LogP contribution is -2.40. The van der Waals surface area contributed by atoms with Crippen LogP contribution in [0.25, 0.3) is 11.0 Å². The van der Waals surface area contributed by atoms with Crippen LogP contribution in [0.4, 0.5) is 0 Å². The summed E-state index contributed by atoms with van der Waals surface area (Å²) in [5, 5.41) is 3.76. The fraction of sp³-hybridized carbons (Fsp3) is 0.360. The van der Waals surface area contributed by atoms with Gasteiger partial charge in [-0.2, -0.15) is 0 Å². The van der Waals surface area contributed by atoms with Crippen molar-refractivity contribution in [3.8, 4) is 0 Å². The Morgan fingerprint density at radius 3 is 2.58 bits per heavy atom. The Morgan fingerprint density at radius 2 is 1.73 bits per heavy atom. The van der Waals surface area contributed by atoms with Crippen LogP contribution in [0.5, 0.6) is 0 Å². The van der Waals surface area contributed by atoms with Crippen LogP contribution in [0.2, 0.25) is 0 Å². The summed E-state index contributed by atoms with van der Waals surface area (Å²) < 4.78 is 0. The maximum atomic E-state index is 12.8. The smallest absolute Gasteiger partial charge is 0.234 e. The Hall–Kier alpha value is -2.97. The van der Waals surface area contributed by atoms with Gasteiger partial charge in [0.05, 0.1) is 29.5 Å². The highest BCUT2D eigenvalue weighted by Gasteiger charge is 2.20. The largest absolute Gasteiger partial charge is 0.355 e. The molecule has 2 amide bonds. The zero-order chi connectivity index (χ0) is 22.9. The summed E-state index contributed by atoms with van der Waals surface area (Å²) in [6, 6.07) is 17.9. The van der Waals surface area contributed by atoms with E-state index in [4.69, 9.17) is 0 Å². The van der Waals surface area contributed by atoms with Crippen LogP contribution >= 0.6 is 11.8 Å². The van der Waals surface area contributed by atoms with Crippen LogP contribution in [-0.4, -0.2) is 76.6 Å². The van der Waals surface area contributed by atoms with Crippen molar-refractivity contribution in [2.75, 3.05) is 45.0 Å². The van der Waals surface area contributed by atoms with Crippen molar-refractivity contribution in [1.29, 1.82) is 0 Å². The molecular formula is C25H29N5O2S. The van der Waals surface area contributed by atoms with Crippen LogP contribution in [0.3, 0.4) is 0 Å². The third-order valence-electron chi connectivity index (χ3n) is 5.66. The van der Waals surface area contributed by atoms with Crippen molar-refractivity contribution < 1.29 is 9.59 Å². The molecule has 3 aromatic rings. The second-order valence-electron chi connectivity index (χ2n) is 8.08. The summed E-state index contributed by atoms with van der Waals surface area (Å²) in [5.74, 6) is 0.479. The molecule has 7 nitrogen and oxygen atoms in total. The first kappa shape index (κ1) is 23.2. The minimum atomic E-state index is 0.0381. The molecule has 0 spiro atoms. The van der Waals surface area contributed by atoms with E-state index in [1.807, 2.05) is 47.4 Å². The molecule has 1 saturated heterocycles. The topological polar surface area (TPSA) is 78.4 Å². The predicted octanol–water partition coefficient (Wildman–Crippen LogP) is 2.62. The van der Waals surface area contributed by atoms with E-state index in [1.54, 1.807) is 6.20 Å². The molecular weight excluding hydrogens is 434 g/mol. The van der Waals surface area contributed by atoms with Gasteiger partial charge in [-0.3, -0.25) is 19.5 Å². The molecule has 1 aliphatic heterocycles. The highest BCUT2D eigenvalue weighted by Crippen LogP contribution is 2.18. The number of rotatable bonds is 8. The predicted molar refractivity (Wildman–Crippen MR) is 131 cm³/mol. The average Bonchev–Trinajstić information content (AvgIpc) is 3.08. The summed E-state index contributed by atoms with van der Waals surface area (Å²) >= 11 is 1.42. The molecule has 172 valence electrons. The van der Waals surface area contributed by atoms with E-state index in [0.29, 0.717) is 31.9 Å². The fourth-order valence-corrected chi connectivity index (χ4v) is 4.61. The molecule has 1 aliphatic rings. The van der Waals surface area contributed by atoms with Crippen LogP contribution in [0.1, 0.15) is 12.0 Å². The molecule has 0 saturated carbocycles. The Labute approximate surface area is 198 Å². The molecule has 0 unspecified atom stereocenters. The number of carbonyl (C=O) groups excluding carboxylic acids is 2. The Morgan fingerprint density at radius 1 is 0.939 bits per heavy atom. The summed E-state index contributed by atoms with van der Waals surface area (Å²) in [6.45, 7) is 3.89. The van der Waals surface area contributed by atoms with Crippen LogP contribution < -0.4 is 5.32 Å². The van der Waals surface area contributed by atoms with Crippen LogP contribution in [0.15, 0.2) is 65.8 Å². The number of amides is 2. The maximum absolute atomic E-state index is 12.8. The number of nitrogens with one attached hydrogen (secondary N) is 1. The fourth-order valence-electron chi connectivity index (χ4n) is 3.87. The summed E-state index contributed by atoms with van der Waals surface area (Å²) in [4.78, 5) is 38.1. The quantitative estimate of drug-likeness (QED) is 0.518. The normalized spacial score (nSPS) is 14.7. The van der Waals surface area contributed by atoms with Gasteiger partial charge in [0.15, 0.2) is 0 Å². The number of para-hydroxylation sites is 2. The lowest BCUT2D eigenvalue weighted by Gasteiger charge is -2.21. The van der Waals surface area contributed by atoms with E-state index < -0.39 is 0 Å². The third kappa shape index (κ3) is 7.00. The number of hydrogen-bond acceptors (Lipinski definition) is 6. The molecule has 4 rings (SSSR count). The van der Waals surface area contributed by atoms with Gasteiger partial charge in [0.25, 0.3) is 0 Å². The Kier molecular flexibility index (Phi) is 8.27. The van der Waals surface area contributed by atoms with Crippen LogP contribution in [-0.2, 0) is 16.0 Å². The van der Waals surface area contributed by atoms with Crippen molar-refractivity contribution in [2.24, 2.45) is 0 Å². The number of nitrogens with zero attached hydrogens (tertiary/aromatic N) is 4. The molecule has 1 fully saturated rings. The van der Waals surface area contributed by atoms with Gasteiger partial charge in [0, 0.05) is 32.7 Å². The molecule has 1 aromatic heterocycles. The minimum Gasteiger partial charge on any atom is -0.355 e. The monoisotopic (exact) mass is 463 g/mol. The second kappa shape index (κ2) is 11.8. The van der Waals surface area contributed by atoms with Crippen molar-refractivity contribution in [2.45, 2.75) is 17.9 Å². The van der Waals surface area contributed by atoms with Crippen molar-refractivity contribution in [1.82, 2.24) is 25.1 Å². The van der Waals surface area contributed by atoms with E-state index >= 15 is 0 Å². The van der Waals surface area contributed by atoms with Gasteiger partial charge in [0.2, 0.25) is 11.8 Å². The number of aromatic nitrogens is 2. The first-order valence-corrected chi connectivity index (χ1v) is 12.3. The molecule has 33 heavy (non-hydrogen) atoms. The van der Waals surface area contributed by atoms with Gasteiger partial charge >= 0.3 is 0 Å². The number of hydrogen-bond donors (Lipinski definition) is 1. The molecule has 2 aromatic carbocycles. The number of carbonyl (C=O) groups is 2. The van der Waals surface area contributed by atoms with E-state index in [1.165, 1.54) is 17.3 Å². The molecule has 2 heterocycles. The molecule has 8 heteroatoms. The first-order valence-electron chi connectivity index (χ1n) is 11.3. The van der Waals surface area contributed by atoms with Gasteiger partial charge in [-0.1, -0.05) is 54.2 Å². The van der Waals surface area contributed by atoms with E-state index in [-0.39, 0.29) is 11.8 Å². The Bertz CT molecular complexity index is 1080. The molecule has 0 atom stereocenters.